The molecule has 0 fully saturated rings. The van der Waals surface area contributed by atoms with E-state index in [2.05, 4.69) is 0 Å². The van der Waals surface area contributed by atoms with Crippen LogP contribution in [0.25, 0.3) is 0 Å². The van der Waals surface area contributed by atoms with Crippen LogP contribution in [0, 0.1) is 27.7 Å². The first-order valence-corrected chi connectivity index (χ1v) is 16.0. The summed E-state index contributed by atoms with van der Waals surface area (Å²) in [5.41, 5.74) is 4.12. The fraction of sp³-hybridized carbons (Fsp3) is 0.364. The van der Waals surface area contributed by atoms with E-state index in [1.54, 1.807) is 79.3 Å². The molecule has 2 amide bonds. The molecule has 0 atom stereocenters. The van der Waals surface area contributed by atoms with Crippen LogP contribution in [0.1, 0.15) is 22.3 Å². The molecule has 0 heterocycles. The zero-order valence-corrected chi connectivity index (χ0v) is 24.0. The first-order valence-electron chi connectivity index (χ1n) is 9.85. The van der Waals surface area contributed by atoms with Gasteiger partial charge in [0.25, 0.3) is 0 Å². The van der Waals surface area contributed by atoms with Crippen LogP contribution in [-0.2, 0) is 0 Å². The lowest BCUT2D eigenvalue weighted by atomic mass is 10.1. The van der Waals surface area contributed by atoms with E-state index in [0.717, 1.165) is 32.0 Å². The number of carbonyl (C=O) groups is 2. The van der Waals surface area contributed by atoms with E-state index in [0.29, 0.717) is 11.5 Å². The standard InChI is InChI=1S/C22H28N2O4S5/c1-13-9-15(3)19(11-17(13)27-21(25)23(5)6)29-31-33-32-30-20-12-18(14(2)10-16(20)4)28-22(26)24(7)8/h9-12H,1-8H3. The monoisotopic (exact) mass is 544 g/mol. The van der Waals surface area contributed by atoms with Gasteiger partial charge in [-0.3, -0.25) is 0 Å². The average molecular weight is 545 g/mol. The number of hydrogen-bond donors (Lipinski definition) is 0. The molecule has 0 aliphatic rings. The molecule has 0 bridgehead atoms. The third-order valence-corrected chi connectivity index (χ3v) is 12.9. The fourth-order valence-electron chi connectivity index (χ4n) is 2.51. The van der Waals surface area contributed by atoms with Crippen molar-refractivity contribution in [3.05, 3.63) is 46.5 Å². The maximum Gasteiger partial charge on any atom is 0.414 e. The normalized spacial score (nSPS) is 10.7. The van der Waals surface area contributed by atoms with Gasteiger partial charge in [0.05, 0.1) is 0 Å². The van der Waals surface area contributed by atoms with Gasteiger partial charge in [0.2, 0.25) is 0 Å². The molecule has 0 N–H and O–H groups in total. The van der Waals surface area contributed by atoms with E-state index in [-0.39, 0.29) is 0 Å². The summed E-state index contributed by atoms with van der Waals surface area (Å²) in [4.78, 5) is 28.7. The van der Waals surface area contributed by atoms with Gasteiger partial charge in [-0.2, -0.15) is 0 Å². The molecule has 2 rings (SSSR count). The summed E-state index contributed by atoms with van der Waals surface area (Å²) in [5, 5.41) is 0. The van der Waals surface area contributed by atoms with E-state index in [1.165, 1.54) is 9.80 Å². The van der Waals surface area contributed by atoms with Gasteiger partial charge in [0, 0.05) is 38.0 Å². The lowest BCUT2D eigenvalue weighted by Crippen LogP contribution is -2.25. The largest absolute Gasteiger partial charge is 0.414 e. The minimum Gasteiger partial charge on any atom is -0.410 e. The number of hydrogen-bond acceptors (Lipinski definition) is 9. The summed E-state index contributed by atoms with van der Waals surface area (Å²) >= 11 is 0. The molecule has 0 aliphatic carbocycles. The number of benzene rings is 2. The van der Waals surface area contributed by atoms with Crippen LogP contribution >= 0.6 is 51.1 Å². The molecule has 0 saturated carbocycles. The second-order valence-corrected chi connectivity index (χ2v) is 15.2. The summed E-state index contributed by atoms with van der Waals surface area (Å²) in [5.74, 6) is 1.15. The van der Waals surface area contributed by atoms with Gasteiger partial charge in [-0.05, 0) is 113 Å². The Labute approximate surface area is 214 Å². The van der Waals surface area contributed by atoms with Crippen LogP contribution < -0.4 is 9.47 Å². The van der Waals surface area contributed by atoms with Crippen molar-refractivity contribution in [2.75, 3.05) is 28.2 Å². The van der Waals surface area contributed by atoms with Crippen molar-refractivity contribution in [3.63, 3.8) is 0 Å². The first kappa shape index (κ1) is 28.0. The molecule has 0 unspecified atom stereocenters. The minimum absolute atomic E-state index is 0.393. The average Bonchev–Trinajstić information content (AvgIpc) is 2.73. The smallest absolute Gasteiger partial charge is 0.410 e. The number of nitrogens with zero attached hydrogens (tertiary/aromatic N) is 2. The van der Waals surface area contributed by atoms with Crippen molar-refractivity contribution < 1.29 is 19.1 Å². The predicted molar refractivity (Wildman–Crippen MR) is 146 cm³/mol. The van der Waals surface area contributed by atoms with Gasteiger partial charge >= 0.3 is 12.2 Å². The molecule has 2 aromatic carbocycles. The van der Waals surface area contributed by atoms with E-state index in [4.69, 9.17) is 9.47 Å². The number of aryl methyl sites for hydroxylation is 4. The van der Waals surface area contributed by atoms with Crippen molar-refractivity contribution in [1.82, 2.24) is 9.80 Å². The quantitative estimate of drug-likeness (QED) is 0.245. The van der Waals surface area contributed by atoms with Crippen LogP contribution in [0.4, 0.5) is 9.59 Å². The van der Waals surface area contributed by atoms with Crippen LogP contribution in [0.2, 0.25) is 0 Å². The highest BCUT2D eigenvalue weighted by Gasteiger charge is 2.14. The molecular weight excluding hydrogens is 517 g/mol. The van der Waals surface area contributed by atoms with Crippen LogP contribution in [0.3, 0.4) is 0 Å². The molecule has 33 heavy (non-hydrogen) atoms. The number of carbonyl (C=O) groups excluding carboxylic acids is 2. The predicted octanol–water partition coefficient (Wildman–Crippen LogP) is 7.79. The van der Waals surface area contributed by atoms with Crippen molar-refractivity contribution in [2.24, 2.45) is 0 Å². The Hall–Kier alpha value is -1.27. The highest BCUT2D eigenvalue weighted by atomic mass is 33.8. The molecule has 180 valence electrons. The van der Waals surface area contributed by atoms with E-state index in [9.17, 15) is 9.59 Å². The van der Waals surface area contributed by atoms with E-state index < -0.39 is 12.2 Å². The van der Waals surface area contributed by atoms with Gasteiger partial charge in [-0.15, -0.1) is 0 Å². The molecule has 0 aliphatic heterocycles. The number of amides is 2. The highest BCUT2D eigenvalue weighted by molar-refractivity contribution is 9.35. The summed E-state index contributed by atoms with van der Waals surface area (Å²) < 4.78 is 10.9. The SMILES string of the molecule is Cc1cc(C)c(SSSSSc2cc(OC(=O)N(C)C)c(C)cc2C)cc1OC(=O)N(C)C. The topological polar surface area (TPSA) is 59.1 Å². The van der Waals surface area contributed by atoms with Gasteiger partial charge in [-0.25, -0.2) is 9.59 Å². The van der Waals surface area contributed by atoms with E-state index in [1.807, 2.05) is 52.0 Å². The van der Waals surface area contributed by atoms with Gasteiger partial charge < -0.3 is 19.3 Å². The Balaban J connectivity index is 1.94. The number of rotatable bonds is 8. The lowest BCUT2D eigenvalue weighted by molar-refractivity contribution is 0.170. The van der Waals surface area contributed by atoms with Gasteiger partial charge in [-0.1, -0.05) is 12.1 Å². The Kier molecular flexibility index (Phi) is 11.0. The van der Waals surface area contributed by atoms with Gasteiger partial charge in [0.1, 0.15) is 11.5 Å². The Morgan fingerprint density at radius 1 is 0.606 bits per heavy atom. The third kappa shape index (κ3) is 8.47. The number of ether oxygens (including phenoxy) is 2. The van der Waals surface area contributed by atoms with Gasteiger partial charge in [0.15, 0.2) is 0 Å². The lowest BCUT2D eigenvalue weighted by Gasteiger charge is -2.15. The molecule has 6 nitrogen and oxygen atoms in total. The maximum atomic E-state index is 11.9. The molecule has 2 aromatic rings. The molecule has 0 aromatic heterocycles. The molecule has 0 saturated heterocycles. The fourth-order valence-corrected chi connectivity index (χ4v) is 11.2. The summed E-state index contributed by atoms with van der Waals surface area (Å²) in [6, 6.07) is 7.88. The Morgan fingerprint density at radius 3 is 1.30 bits per heavy atom. The van der Waals surface area contributed by atoms with Crippen molar-refractivity contribution in [1.29, 1.82) is 0 Å². The van der Waals surface area contributed by atoms with Crippen LogP contribution in [0.15, 0.2) is 34.1 Å². The zero-order chi connectivity index (χ0) is 24.7. The van der Waals surface area contributed by atoms with Crippen LogP contribution in [-0.4, -0.2) is 50.2 Å². The minimum atomic E-state index is -0.393. The third-order valence-electron chi connectivity index (χ3n) is 4.37. The summed E-state index contributed by atoms with van der Waals surface area (Å²) in [6.07, 6.45) is -0.785. The molecule has 0 spiro atoms. The first-order chi connectivity index (χ1) is 15.5. The summed E-state index contributed by atoms with van der Waals surface area (Å²) in [7, 11) is 14.8. The molecule has 0 radical (unpaired) electrons. The second-order valence-electron chi connectivity index (χ2n) is 7.66. The van der Waals surface area contributed by atoms with Crippen molar-refractivity contribution >= 4 is 63.3 Å². The second kappa shape index (κ2) is 13.0. The molecule has 11 heteroatoms. The zero-order valence-electron chi connectivity index (χ0n) is 19.9. The summed E-state index contributed by atoms with van der Waals surface area (Å²) in [6.45, 7) is 7.96. The molecular formula is C22H28N2O4S5. The van der Waals surface area contributed by atoms with Crippen molar-refractivity contribution in [3.8, 4) is 11.5 Å². The Bertz CT molecular complexity index is 935. The van der Waals surface area contributed by atoms with E-state index >= 15 is 0 Å². The van der Waals surface area contributed by atoms with Crippen LogP contribution in [0.5, 0.6) is 11.5 Å². The van der Waals surface area contributed by atoms with Crippen molar-refractivity contribution in [2.45, 2.75) is 37.5 Å². The highest BCUT2D eigenvalue weighted by Crippen LogP contribution is 2.54. The maximum absolute atomic E-state index is 11.9. The Morgan fingerprint density at radius 2 is 0.970 bits per heavy atom.